The molecule has 1 saturated carbocycles. The minimum absolute atomic E-state index is 0.0629. The van der Waals surface area contributed by atoms with Gasteiger partial charge in [-0.15, -0.1) is 0 Å². The number of carbonyl (C=O) groups excluding carboxylic acids is 1. The summed E-state index contributed by atoms with van der Waals surface area (Å²) in [6, 6.07) is -0.134. The third-order valence-electron chi connectivity index (χ3n) is 3.79. The van der Waals surface area contributed by atoms with E-state index in [4.69, 9.17) is 5.11 Å². The summed E-state index contributed by atoms with van der Waals surface area (Å²) in [4.78, 5) is 24.6. The van der Waals surface area contributed by atoms with E-state index in [-0.39, 0.29) is 17.9 Å². The Labute approximate surface area is 114 Å². The number of nitrogens with one attached hydrogen (secondary N) is 2. The molecule has 2 atom stereocenters. The molecule has 2 amide bonds. The predicted octanol–water partition coefficient (Wildman–Crippen LogP) is 0.738. The molecule has 2 unspecified atom stereocenters. The number of carboxylic acid groups (broad SMARTS) is 1. The molecule has 0 radical (unpaired) electrons. The quantitative estimate of drug-likeness (QED) is 0.665. The fourth-order valence-electron chi connectivity index (χ4n) is 2.51. The zero-order valence-corrected chi connectivity index (χ0v) is 11.8. The number of likely N-dealkylation sites (N-methyl/N-ethyl adjacent to an activating group) is 2. The van der Waals surface area contributed by atoms with E-state index in [0.717, 1.165) is 32.2 Å². The fraction of sp³-hybridized carbons (Fsp3) is 0.846. The van der Waals surface area contributed by atoms with E-state index >= 15 is 0 Å². The van der Waals surface area contributed by atoms with Gasteiger partial charge in [-0.2, -0.15) is 0 Å². The second kappa shape index (κ2) is 7.99. The number of carbonyl (C=O) groups is 2. The van der Waals surface area contributed by atoms with Crippen LogP contribution in [0.5, 0.6) is 0 Å². The third kappa shape index (κ3) is 5.06. The second-order valence-electron chi connectivity index (χ2n) is 5.20. The van der Waals surface area contributed by atoms with Gasteiger partial charge in [0.1, 0.15) is 0 Å². The number of carboxylic acids is 1. The summed E-state index contributed by atoms with van der Waals surface area (Å²) >= 11 is 0. The average Bonchev–Trinajstić information content (AvgIpc) is 2.42. The zero-order chi connectivity index (χ0) is 14.3. The Kier molecular flexibility index (Phi) is 6.62. The lowest BCUT2D eigenvalue weighted by atomic mass is 9.79. The highest BCUT2D eigenvalue weighted by atomic mass is 16.4. The van der Waals surface area contributed by atoms with E-state index in [2.05, 4.69) is 10.6 Å². The van der Waals surface area contributed by atoms with Gasteiger partial charge in [-0.25, -0.2) is 4.79 Å². The van der Waals surface area contributed by atoms with Crippen LogP contribution in [0.25, 0.3) is 0 Å². The Bertz CT molecular complexity index is 310. The first-order chi connectivity index (χ1) is 9.06. The van der Waals surface area contributed by atoms with Gasteiger partial charge in [-0.3, -0.25) is 4.79 Å². The summed E-state index contributed by atoms with van der Waals surface area (Å²) in [6.07, 6.45) is 3.65. The Hall–Kier alpha value is -1.30. The van der Waals surface area contributed by atoms with Crippen LogP contribution in [0.4, 0.5) is 4.79 Å². The topological polar surface area (TPSA) is 81.7 Å². The van der Waals surface area contributed by atoms with Gasteiger partial charge in [-0.1, -0.05) is 12.8 Å². The van der Waals surface area contributed by atoms with Crippen LogP contribution in [0.2, 0.25) is 0 Å². The van der Waals surface area contributed by atoms with Gasteiger partial charge in [0, 0.05) is 26.7 Å². The monoisotopic (exact) mass is 271 g/mol. The smallest absolute Gasteiger partial charge is 0.317 e. The van der Waals surface area contributed by atoms with Crippen LogP contribution in [0.1, 0.15) is 25.7 Å². The molecule has 0 saturated heterocycles. The average molecular weight is 271 g/mol. The molecule has 0 bridgehead atoms. The number of nitrogens with zero attached hydrogens (tertiary/aromatic N) is 1. The molecule has 1 fully saturated rings. The van der Waals surface area contributed by atoms with Crippen LogP contribution in [0.15, 0.2) is 0 Å². The second-order valence-corrected chi connectivity index (χ2v) is 5.20. The maximum Gasteiger partial charge on any atom is 0.317 e. The van der Waals surface area contributed by atoms with Gasteiger partial charge in [0.25, 0.3) is 0 Å². The van der Waals surface area contributed by atoms with Crippen molar-refractivity contribution in [3.8, 4) is 0 Å². The van der Waals surface area contributed by atoms with Crippen molar-refractivity contribution in [2.75, 3.05) is 33.7 Å². The molecule has 1 aliphatic rings. The molecule has 110 valence electrons. The Morgan fingerprint density at radius 3 is 2.63 bits per heavy atom. The molecule has 0 aromatic carbocycles. The molecule has 0 spiro atoms. The van der Waals surface area contributed by atoms with Crippen LogP contribution in [0.3, 0.4) is 0 Å². The van der Waals surface area contributed by atoms with Crippen LogP contribution < -0.4 is 10.6 Å². The van der Waals surface area contributed by atoms with Crippen molar-refractivity contribution >= 4 is 12.0 Å². The number of hydrogen-bond acceptors (Lipinski definition) is 3. The molecule has 1 rings (SSSR count). The van der Waals surface area contributed by atoms with E-state index in [9.17, 15) is 9.59 Å². The van der Waals surface area contributed by atoms with Gasteiger partial charge >= 0.3 is 12.0 Å². The molecule has 0 aromatic rings. The number of aliphatic carboxylic acids is 1. The van der Waals surface area contributed by atoms with Crippen molar-refractivity contribution in [3.63, 3.8) is 0 Å². The summed E-state index contributed by atoms with van der Waals surface area (Å²) in [6.45, 7) is 1.83. The maximum atomic E-state index is 11.8. The minimum Gasteiger partial charge on any atom is -0.481 e. The molecule has 0 heterocycles. The van der Waals surface area contributed by atoms with Crippen LogP contribution >= 0.6 is 0 Å². The van der Waals surface area contributed by atoms with Crippen molar-refractivity contribution in [2.24, 2.45) is 11.8 Å². The molecule has 1 aliphatic carbocycles. The lowest BCUT2D eigenvalue weighted by Gasteiger charge is -2.29. The summed E-state index contributed by atoms with van der Waals surface area (Å²) in [5.41, 5.74) is 0. The zero-order valence-electron chi connectivity index (χ0n) is 11.8. The third-order valence-corrected chi connectivity index (χ3v) is 3.79. The largest absolute Gasteiger partial charge is 0.481 e. The minimum atomic E-state index is -0.734. The van der Waals surface area contributed by atoms with E-state index in [1.165, 1.54) is 0 Å². The van der Waals surface area contributed by atoms with Crippen LogP contribution in [-0.2, 0) is 4.79 Å². The normalized spacial score (nSPS) is 22.8. The molecular formula is C13H25N3O3. The molecule has 0 aliphatic heterocycles. The molecule has 19 heavy (non-hydrogen) atoms. The van der Waals surface area contributed by atoms with Crippen molar-refractivity contribution in [1.82, 2.24) is 15.5 Å². The maximum absolute atomic E-state index is 11.8. The lowest BCUT2D eigenvalue weighted by molar-refractivity contribution is -0.144. The first-order valence-corrected chi connectivity index (χ1v) is 6.92. The summed E-state index contributed by atoms with van der Waals surface area (Å²) in [5.74, 6) is -0.980. The van der Waals surface area contributed by atoms with Gasteiger partial charge < -0.3 is 20.6 Å². The number of rotatable bonds is 6. The van der Waals surface area contributed by atoms with E-state index in [1.807, 2.05) is 7.05 Å². The van der Waals surface area contributed by atoms with Crippen molar-refractivity contribution in [1.29, 1.82) is 0 Å². The Balaban J connectivity index is 2.37. The van der Waals surface area contributed by atoms with Gasteiger partial charge in [0.15, 0.2) is 0 Å². The number of amides is 2. The Morgan fingerprint density at radius 1 is 1.32 bits per heavy atom. The molecule has 0 aromatic heterocycles. The first kappa shape index (κ1) is 15.8. The molecule has 6 nitrogen and oxygen atoms in total. The molecule has 3 N–H and O–H groups in total. The SMILES string of the molecule is CNCCN(C)C(=O)NCC1CCCCC1C(=O)O. The van der Waals surface area contributed by atoms with E-state index in [0.29, 0.717) is 13.1 Å². The van der Waals surface area contributed by atoms with Gasteiger partial charge in [0.2, 0.25) is 0 Å². The highest BCUT2D eigenvalue weighted by Gasteiger charge is 2.30. The first-order valence-electron chi connectivity index (χ1n) is 6.92. The summed E-state index contributed by atoms with van der Waals surface area (Å²) in [7, 11) is 3.58. The lowest BCUT2D eigenvalue weighted by Crippen LogP contribution is -2.44. The fourth-order valence-corrected chi connectivity index (χ4v) is 2.51. The highest BCUT2D eigenvalue weighted by molar-refractivity contribution is 5.74. The predicted molar refractivity (Wildman–Crippen MR) is 73.0 cm³/mol. The standard InChI is InChI=1S/C13H25N3O3/c1-14-7-8-16(2)13(19)15-9-10-5-3-4-6-11(10)12(17)18/h10-11,14H,3-9H2,1-2H3,(H,15,19)(H,17,18). The van der Waals surface area contributed by atoms with Crippen molar-refractivity contribution < 1.29 is 14.7 Å². The summed E-state index contributed by atoms with van der Waals surface area (Å²) < 4.78 is 0. The van der Waals surface area contributed by atoms with Gasteiger partial charge in [-0.05, 0) is 25.8 Å². The number of hydrogen-bond donors (Lipinski definition) is 3. The van der Waals surface area contributed by atoms with E-state index in [1.54, 1.807) is 11.9 Å². The molecular weight excluding hydrogens is 246 g/mol. The van der Waals surface area contributed by atoms with E-state index < -0.39 is 5.97 Å². The van der Waals surface area contributed by atoms with Gasteiger partial charge in [0.05, 0.1) is 5.92 Å². The van der Waals surface area contributed by atoms with Crippen LogP contribution in [-0.4, -0.2) is 55.7 Å². The van der Waals surface area contributed by atoms with Crippen molar-refractivity contribution in [2.45, 2.75) is 25.7 Å². The molecule has 6 heteroatoms. The van der Waals surface area contributed by atoms with Crippen LogP contribution in [0, 0.1) is 11.8 Å². The number of urea groups is 1. The highest BCUT2D eigenvalue weighted by Crippen LogP contribution is 2.29. The van der Waals surface area contributed by atoms with Crippen molar-refractivity contribution in [3.05, 3.63) is 0 Å². The Morgan fingerprint density at radius 2 is 2.00 bits per heavy atom. The summed E-state index contributed by atoms with van der Waals surface area (Å²) in [5, 5.41) is 15.0.